The minimum atomic E-state index is -0.831. The second kappa shape index (κ2) is 10.3. The highest BCUT2D eigenvalue weighted by Crippen LogP contribution is 2.20. The van der Waals surface area contributed by atoms with Gasteiger partial charge in [-0.3, -0.25) is 9.59 Å². The Morgan fingerprint density at radius 2 is 1.67 bits per heavy atom. The smallest absolute Gasteiger partial charge is 0.251 e. The lowest BCUT2D eigenvalue weighted by molar-refractivity contribution is -0.120. The number of nitrogens with one attached hydrogen (secondary N) is 2. The van der Waals surface area contributed by atoms with Crippen LogP contribution in [-0.2, 0) is 4.79 Å². The van der Waals surface area contributed by atoms with Crippen molar-refractivity contribution in [2.24, 2.45) is 11.8 Å². The van der Waals surface area contributed by atoms with Crippen LogP contribution in [0.3, 0.4) is 0 Å². The lowest BCUT2D eigenvalue weighted by Gasteiger charge is -2.34. The van der Waals surface area contributed by atoms with Gasteiger partial charge in [-0.2, -0.15) is 0 Å². The maximum absolute atomic E-state index is 13.1. The van der Waals surface area contributed by atoms with Gasteiger partial charge >= 0.3 is 0 Å². The van der Waals surface area contributed by atoms with Crippen LogP contribution in [0.2, 0.25) is 0 Å². The average Bonchev–Trinajstić information content (AvgIpc) is 2.57. The largest absolute Gasteiger partial charge is 0.355 e. The Kier molecular flexibility index (Phi) is 8.16. The minimum absolute atomic E-state index is 0.148. The molecular weight excluding hydrogens is 352 g/mol. The summed E-state index contributed by atoms with van der Waals surface area (Å²) < 4.78 is 26.2. The molecule has 5 nitrogen and oxygen atoms in total. The first kappa shape index (κ1) is 21.3. The van der Waals surface area contributed by atoms with Crippen molar-refractivity contribution in [3.8, 4) is 0 Å². The molecule has 2 N–H and O–H groups in total. The summed E-state index contributed by atoms with van der Waals surface area (Å²) >= 11 is 0. The second-order valence-corrected chi connectivity index (χ2v) is 7.60. The number of halogens is 2. The molecule has 1 heterocycles. The number of hydrogen-bond acceptors (Lipinski definition) is 3. The van der Waals surface area contributed by atoms with Crippen LogP contribution in [0.1, 0.15) is 43.5 Å². The fourth-order valence-electron chi connectivity index (χ4n) is 3.67. The normalized spacial score (nSPS) is 20.3. The molecule has 150 valence electrons. The molecule has 2 rings (SSSR count). The standard InChI is InChI=1S/C20H29F2N3O2/c1-14-7-15(2)13-25(12-14)6-4-3-5-23-19(26)11-24-20(27)16-8-17(21)10-18(22)9-16/h8-10,14-15H,3-7,11-13H2,1-2H3,(H,23,26)(H,24,27). The summed E-state index contributed by atoms with van der Waals surface area (Å²) in [6.07, 6.45) is 3.17. The highest BCUT2D eigenvalue weighted by molar-refractivity contribution is 5.96. The number of unbranched alkanes of at least 4 members (excludes halogenated alkanes) is 1. The van der Waals surface area contributed by atoms with Gasteiger partial charge in [0.05, 0.1) is 6.54 Å². The van der Waals surface area contributed by atoms with Crippen molar-refractivity contribution in [3.05, 3.63) is 35.4 Å². The molecule has 27 heavy (non-hydrogen) atoms. The van der Waals surface area contributed by atoms with Crippen LogP contribution < -0.4 is 10.6 Å². The third-order valence-electron chi connectivity index (χ3n) is 4.70. The summed E-state index contributed by atoms with van der Waals surface area (Å²) in [5, 5.41) is 5.11. The van der Waals surface area contributed by atoms with Gasteiger partial charge in [0.15, 0.2) is 0 Å². The Labute approximate surface area is 159 Å². The van der Waals surface area contributed by atoms with Crippen LogP contribution in [0, 0.1) is 23.5 Å². The molecule has 0 bridgehead atoms. The molecule has 1 aromatic rings. The van der Waals surface area contributed by atoms with Crippen LogP contribution in [0.4, 0.5) is 8.78 Å². The molecule has 1 fully saturated rings. The van der Waals surface area contributed by atoms with E-state index in [-0.39, 0.29) is 18.0 Å². The fraction of sp³-hybridized carbons (Fsp3) is 0.600. The van der Waals surface area contributed by atoms with Crippen molar-refractivity contribution in [2.75, 3.05) is 32.7 Å². The van der Waals surface area contributed by atoms with Crippen LogP contribution >= 0.6 is 0 Å². The number of carbonyl (C=O) groups excluding carboxylic acids is 2. The molecule has 1 aromatic carbocycles. The van der Waals surface area contributed by atoms with E-state index in [2.05, 4.69) is 29.4 Å². The number of rotatable bonds is 8. The van der Waals surface area contributed by atoms with Crippen LogP contribution in [0.5, 0.6) is 0 Å². The zero-order chi connectivity index (χ0) is 19.8. The van der Waals surface area contributed by atoms with E-state index < -0.39 is 17.5 Å². The maximum Gasteiger partial charge on any atom is 0.251 e. The third-order valence-corrected chi connectivity index (χ3v) is 4.70. The van der Waals surface area contributed by atoms with E-state index in [1.54, 1.807) is 0 Å². The molecule has 0 radical (unpaired) electrons. The second-order valence-electron chi connectivity index (χ2n) is 7.60. The summed E-state index contributed by atoms with van der Waals surface area (Å²) in [4.78, 5) is 26.1. The fourth-order valence-corrected chi connectivity index (χ4v) is 3.67. The van der Waals surface area contributed by atoms with Crippen LogP contribution in [-0.4, -0.2) is 49.4 Å². The van der Waals surface area contributed by atoms with Gasteiger partial charge < -0.3 is 15.5 Å². The van der Waals surface area contributed by atoms with Crippen LogP contribution in [0.25, 0.3) is 0 Å². The first-order valence-electron chi connectivity index (χ1n) is 9.57. The highest BCUT2D eigenvalue weighted by Gasteiger charge is 2.20. The topological polar surface area (TPSA) is 61.4 Å². The Balaban J connectivity index is 1.59. The lowest BCUT2D eigenvalue weighted by atomic mass is 9.92. The van der Waals surface area contributed by atoms with E-state index in [1.165, 1.54) is 6.42 Å². The van der Waals surface area contributed by atoms with Gasteiger partial charge in [0, 0.05) is 31.3 Å². The number of benzene rings is 1. The van der Waals surface area contributed by atoms with Gasteiger partial charge in [0.2, 0.25) is 5.91 Å². The Morgan fingerprint density at radius 3 is 2.30 bits per heavy atom. The molecule has 0 spiro atoms. The summed E-state index contributed by atoms with van der Waals surface area (Å²) in [5.41, 5.74) is -0.148. The van der Waals surface area contributed by atoms with Crippen molar-refractivity contribution >= 4 is 11.8 Å². The Morgan fingerprint density at radius 1 is 1.04 bits per heavy atom. The monoisotopic (exact) mass is 381 g/mol. The van der Waals surface area contributed by atoms with Crippen molar-refractivity contribution in [1.82, 2.24) is 15.5 Å². The zero-order valence-corrected chi connectivity index (χ0v) is 16.1. The lowest BCUT2D eigenvalue weighted by Crippen LogP contribution is -2.39. The first-order valence-corrected chi connectivity index (χ1v) is 9.57. The molecule has 2 unspecified atom stereocenters. The summed E-state index contributed by atoms with van der Waals surface area (Å²) in [6, 6.07) is 2.55. The van der Waals surface area contributed by atoms with E-state index >= 15 is 0 Å². The molecule has 2 atom stereocenters. The van der Waals surface area contributed by atoms with Gasteiger partial charge in [-0.25, -0.2) is 8.78 Å². The number of nitrogens with zero attached hydrogens (tertiary/aromatic N) is 1. The Bertz CT molecular complexity index is 624. The summed E-state index contributed by atoms with van der Waals surface area (Å²) in [5.74, 6) is -1.19. The van der Waals surface area contributed by atoms with E-state index in [4.69, 9.17) is 0 Å². The molecule has 1 aliphatic heterocycles. The van der Waals surface area contributed by atoms with E-state index in [9.17, 15) is 18.4 Å². The summed E-state index contributed by atoms with van der Waals surface area (Å²) in [7, 11) is 0. The van der Waals surface area contributed by atoms with Gasteiger partial charge in [-0.1, -0.05) is 13.8 Å². The number of piperidine rings is 1. The number of carbonyl (C=O) groups is 2. The number of hydrogen-bond donors (Lipinski definition) is 2. The quantitative estimate of drug-likeness (QED) is 0.681. The molecular formula is C20H29F2N3O2. The maximum atomic E-state index is 13.1. The minimum Gasteiger partial charge on any atom is -0.355 e. The predicted octanol–water partition coefficient (Wildman–Crippen LogP) is 2.57. The van der Waals surface area contributed by atoms with Crippen molar-refractivity contribution in [3.63, 3.8) is 0 Å². The van der Waals surface area contributed by atoms with E-state index in [1.807, 2.05) is 0 Å². The molecule has 7 heteroatoms. The summed E-state index contributed by atoms with van der Waals surface area (Å²) in [6.45, 7) is 8.21. The average molecular weight is 381 g/mol. The molecule has 0 aliphatic carbocycles. The predicted molar refractivity (Wildman–Crippen MR) is 100 cm³/mol. The molecule has 1 saturated heterocycles. The first-order chi connectivity index (χ1) is 12.8. The molecule has 2 amide bonds. The van der Waals surface area contributed by atoms with Crippen molar-refractivity contribution in [1.29, 1.82) is 0 Å². The van der Waals surface area contributed by atoms with E-state index in [0.717, 1.165) is 56.4 Å². The van der Waals surface area contributed by atoms with Crippen molar-refractivity contribution < 1.29 is 18.4 Å². The molecule has 1 aliphatic rings. The highest BCUT2D eigenvalue weighted by atomic mass is 19.1. The Hall–Kier alpha value is -2.02. The van der Waals surface area contributed by atoms with Gasteiger partial charge in [0.1, 0.15) is 11.6 Å². The van der Waals surface area contributed by atoms with Crippen LogP contribution in [0.15, 0.2) is 18.2 Å². The zero-order valence-electron chi connectivity index (χ0n) is 16.1. The SMILES string of the molecule is CC1CC(C)CN(CCCCNC(=O)CNC(=O)c2cc(F)cc(F)c2)C1. The third kappa shape index (κ3) is 7.62. The number of likely N-dealkylation sites (tertiary alicyclic amines) is 1. The van der Waals surface area contributed by atoms with Gasteiger partial charge in [-0.05, 0) is 49.8 Å². The van der Waals surface area contributed by atoms with E-state index in [0.29, 0.717) is 12.6 Å². The van der Waals surface area contributed by atoms with Gasteiger partial charge in [-0.15, -0.1) is 0 Å². The van der Waals surface area contributed by atoms with Crippen molar-refractivity contribution in [2.45, 2.75) is 33.1 Å². The van der Waals surface area contributed by atoms with Gasteiger partial charge in [0.25, 0.3) is 5.91 Å². The molecule has 0 saturated carbocycles. The molecule has 0 aromatic heterocycles. The number of amides is 2.